The van der Waals surface area contributed by atoms with Gasteiger partial charge in [-0.1, -0.05) is 75.7 Å². The SMILES string of the molecule is C.CC(C)(C)N(NC(=O)c1ccc(CO)cc1F)C(=O)c1ccccc1.CCCCB1OCc2ccc(C(=O)NN(C(=O)c3ccccc3)C(C)(C)C)c(F)c21. The number of hydrazine groups is 2. The highest BCUT2D eigenvalue weighted by Gasteiger charge is 2.35. The van der Waals surface area contributed by atoms with Crippen LogP contribution in [0.4, 0.5) is 8.78 Å². The van der Waals surface area contributed by atoms with Crippen LogP contribution >= 0.6 is 0 Å². The fourth-order valence-electron chi connectivity index (χ4n) is 5.80. The molecular formula is C43H53BF2N4O6. The van der Waals surface area contributed by atoms with Crippen molar-refractivity contribution in [3.63, 3.8) is 0 Å². The maximum Gasteiger partial charge on any atom is 0.330 e. The molecule has 4 aromatic carbocycles. The summed E-state index contributed by atoms with van der Waals surface area (Å²) in [5, 5.41) is 11.5. The van der Waals surface area contributed by atoms with E-state index in [9.17, 15) is 23.6 Å². The Balaban J connectivity index is 0.000000300. The Morgan fingerprint density at radius 2 is 1.23 bits per heavy atom. The number of halogens is 2. The summed E-state index contributed by atoms with van der Waals surface area (Å²) in [4.78, 5) is 51.2. The molecule has 0 fully saturated rings. The fourth-order valence-corrected chi connectivity index (χ4v) is 5.80. The number of benzene rings is 4. The molecule has 1 heterocycles. The summed E-state index contributed by atoms with van der Waals surface area (Å²) >= 11 is 0. The van der Waals surface area contributed by atoms with Crippen molar-refractivity contribution < 1.29 is 37.7 Å². The van der Waals surface area contributed by atoms with Gasteiger partial charge in [-0.05, 0) is 107 Å². The molecule has 1 aliphatic heterocycles. The molecule has 0 radical (unpaired) electrons. The maximum atomic E-state index is 15.3. The van der Waals surface area contributed by atoms with Crippen LogP contribution in [-0.2, 0) is 17.9 Å². The van der Waals surface area contributed by atoms with Crippen LogP contribution in [0.2, 0.25) is 6.32 Å². The van der Waals surface area contributed by atoms with E-state index >= 15 is 4.39 Å². The molecule has 13 heteroatoms. The predicted molar refractivity (Wildman–Crippen MR) is 215 cm³/mol. The minimum atomic E-state index is -0.759. The lowest BCUT2D eigenvalue weighted by Crippen LogP contribution is -2.56. The summed E-state index contributed by atoms with van der Waals surface area (Å²) in [6.45, 7) is 12.5. The summed E-state index contributed by atoms with van der Waals surface area (Å²) in [5.41, 5.74) is 5.86. The number of carbonyl (C=O) groups excluding carboxylic acids is 4. The molecule has 4 aromatic rings. The summed E-state index contributed by atoms with van der Waals surface area (Å²) in [6.07, 6.45) is 2.62. The number of fused-ring (bicyclic) bond motifs is 1. The van der Waals surface area contributed by atoms with Gasteiger partial charge in [0.1, 0.15) is 11.6 Å². The summed E-state index contributed by atoms with van der Waals surface area (Å²) in [6, 6.07) is 24.2. The number of amides is 4. The molecule has 0 saturated carbocycles. The van der Waals surface area contributed by atoms with E-state index in [1.165, 1.54) is 28.2 Å². The van der Waals surface area contributed by atoms with E-state index in [2.05, 4.69) is 17.8 Å². The zero-order valence-corrected chi connectivity index (χ0v) is 32.4. The van der Waals surface area contributed by atoms with E-state index in [1.807, 2.05) is 26.8 Å². The normalized spacial score (nSPS) is 12.0. The number of hydrogen-bond acceptors (Lipinski definition) is 6. The molecule has 0 aliphatic carbocycles. The second kappa shape index (κ2) is 19.5. The van der Waals surface area contributed by atoms with Gasteiger partial charge in [0.25, 0.3) is 23.6 Å². The van der Waals surface area contributed by atoms with Crippen molar-refractivity contribution in [2.24, 2.45) is 0 Å². The minimum absolute atomic E-state index is 0. The van der Waals surface area contributed by atoms with Crippen LogP contribution < -0.4 is 16.3 Å². The van der Waals surface area contributed by atoms with E-state index in [0.29, 0.717) is 35.1 Å². The lowest BCUT2D eigenvalue weighted by Gasteiger charge is -2.35. The van der Waals surface area contributed by atoms with Crippen molar-refractivity contribution in [2.45, 2.75) is 99.3 Å². The first kappa shape index (κ1) is 45.0. The Hall–Kier alpha value is -5.40. The quantitative estimate of drug-likeness (QED) is 0.126. The molecule has 5 rings (SSSR count). The third kappa shape index (κ3) is 11.1. The third-order valence-corrected chi connectivity index (χ3v) is 8.77. The topological polar surface area (TPSA) is 128 Å². The van der Waals surface area contributed by atoms with Crippen LogP contribution in [-0.4, -0.2) is 56.7 Å². The Morgan fingerprint density at radius 3 is 1.68 bits per heavy atom. The van der Waals surface area contributed by atoms with Crippen LogP contribution in [0.5, 0.6) is 0 Å². The first-order valence-corrected chi connectivity index (χ1v) is 18.2. The van der Waals surface area contributed by atoms with Gasteiger partial charge in [0.2, 0.25) is 0 Å². The van der Waals surface area contributed by atoms with Gasteiger partial charge in [-0.15, -0.1) is 0 Å². The van der Waals surface area contributed by atoms with E-state index < -0.39 is 40.4 Å². The maximum absolute atomic E-state index is 15.3. The van der Waals surface area contributed by atoms with Crippen LogP contribution in [0.3, 0.4) is 0 Å². The third-order valence-electron chi connectivity index (χ3n) is 8.77. The van der Waals surface area contributed by atoms with Crippen molar-refractivity contribution in [1.29, 1.82) is 0 Å². The fraction of sp³-hybridized carbons (Fsp3) is 0.349. The highest BCUT2D eigenvalue weighted by Crippen LogP contribution is 2.22. The molecule has 0 atom stereocenters. The van der Waals surface area contributed by atoms with Gasteiger partial charge >= 0.3 is 6.92 Å². The van der Waals surface area contributed by atoms with Gasteiger partial charge in [0.15, 0.2) is 0 Å². The Labute approximate surface area is 329 Å². The monoisotopic (exact) mass is 770 g/mol. The second-order valence-electron chi connectivity index (χ2n) is 15.2. The van der Waals surface area contributed by atoms with Gasteiger partial charge in [-0.2, -0.15) is 0 Å². The van der Waals surface area contributed by atoms with E-state index in [-0.39, 0.29) is 38.0 Å². The van der Waals surface area contributed by atoms with Gasteiger partial charge < -0.3 is 9.76 Å². The molecule has 0 unspecified atom stereocenters. The second-order valence-corrected chi connectivity index (χ2v) is 15.2. The average molecular weight is 771 g/mol. The number of unbranched alkanes of at least 4 members (excludes halogenated alkanes) is 1. The molecule has 0 bridgehead atoms. The van der Waals surface area contributed by atoms with Crippen molar-refractivity contribution in [3.05, 3.63) is 136 Å². The number of nitrogens with one attached hydrogen (secondary N) is 2. The van der Waals surface area contributed by atoms with Crippen molar-refractivity contribution in [2.75, 3.05) is 0 Å². The summed E-state index contributed by atoms with van der Waals surface area (Å²) in [5.74, 6) is -3.47. The van der Waals surface area contributed by atoms with Crippen molar-refractivity contribution >= 4 is 36.0 Å². The molecule has 56 heavy (non-hydrogen) atoms. The zero-order chi connectivity index (χ0) is 40.5. The lowest BCUT2D eigenvalue weighted by atomic mass is 9.57. The standard InChI is InChI=1S/C23H28BFN2O3.C19H21FN2O3.CH4/c1-5-6-14-24-19-17(15-30-24)12-13-18(20(19)25)21(28)26-27(23(2,3)4)22(29)16-10-8-7-9-11-16;1-19(2,3)22(18(25)14-7-5-4-6-8-14)21-17(24)15-10-9-13(12-23)11-16(15)20;/h7-13H,5-6,14-15H2,1-4H3,(H,26,28);4-11,23H,12H2,1-3H3,(H,21,24);1H4. The molecule has 0 saturated heterocycles. The first-order valence-electron chi connectivity index (χ1n) is 18.2. The molecule has 0 aromatic heterocycles. The highest BCUT2D eigenvalue weighted by molar-refractivity contribution is 6.69. The molecule has 4 amide bonds. The predicted octanol–water partition coefficient (Wildman–Crippen LogP) is 7.48. The summed E-state index contributed by atoms with van der Waals surface area (Å²) in [7, 11) is 0. The van der Waals surface area contributed by atoms with E-state index in [1.54, 1.807) is 81.4 Å². The molecule has 3 N–H and O–H groups in total. The Bertz CT molecular complexity index is 1980. The number of hydrogen-bond donors (Lipinski definition) is 3. The average Bonchev–Trinajstić information content (AvgIpc) is 3.58. The highest BCUT2D eigenvalue weighted by atomic mass is 19.1. The number of aliphatic hydroxyl groups excluding tert-OH is 1. The van der Waals surface area contributed by atoms with Crippen LogP contribution in [0.15, 0.2) is 91.0 Å². The van der Waals surface area contributed by atoms with Gasteiger partial charge in [0.05, 0.1) is 35.4 Å². The van der Waals surface area contributed by atoms with E-state index in [4.69, 9.17) is 9.76 Å². The molecule has 10 nitrogen and oxygen atoms in total. The lowest BCUT2D eigenvalue weighted by molar-refractivity contribution is 0.0355. The molecule has 1 aliphatic rings. The number of rotatable bonds is 8. The summed E-state index contributed by atoms with van der Waals surface area (Å²) < 4.78 is 35.1. The van der Waals surface area contributed by atoms with Gasteiger partial charge in [0, 0.05) is 11.1 Å². The minimum Gasteiger partial charge on any atom is -0.427 e. The van der Waals surface area contributed by atoms with Gasteiger partial charge in [-0.25, -0.2) is 18.8 Å². The smallest absolute Gasteiger partial charge is 0.330 e. The molecule has 0 spiro atoms. The largest absolute Gasteiger partial charge is 0.427 e. The van der Waals surface area contributed by atoms with Crippen molar-refractivity contribution in [3.8, 4) is 0 Å². The molecular weight excluding hydrogens is 717 g/mol. The Morgan fingerprint density at radius 1 is 0.750 bits per heavy atom. The zero-order valence-electron chi connectivity index (χ0n) is 32.4. The number of carbonyl (C=O) groups is 4. The molecule has 298 valence electrons. The van der Waals surface area contributed by atoms with Gasteiger partial charge in [-0.3, -0.25) is 30.0 Å². The number of nitrogens with zero attached hydrogens (tertiary/aromatic N) is 2. The first-order chi connectivity index (χ1) is 26.0. The van der Waals surface area contributed by atoms with Crippen LogP contribution in [0, 0.1) is 11.6 Å². The van der Waals surface area contributed by atoms with Crippen LogP contribution in [0.1, 0.15) is 121 Å². The Kier molecular flexibility index (Phi) is 15.6. The van der Waals surface area contributed by atoms with Crippen molar-refractivity contribution in [1.82, 2.24) is 20.9 Å². The number of aliphatic hydroxyl groups is 1. The van der Waals surface area contributed by atoms with E-state index in [0.717, 1.165) is 24.5 Å². The van der Waals surface area contributed by atoms with Crippen LogP contribution in [0.25, 0.3) is 0 Å².